The predicted octanol–water partition coefficient (Wildman–Crippen LogP) is 0.656. The number of nitrogens with two attached hydrogens (primary N) is 2. The Hall–Kier alpha value is -2.41. The van der Waals surface area contributed by atoms with E-state index in [1.807, 2.05) is 18.2 Å². The first-order valence-corrected chi connectivity index (χ1v) is 9.00. The third-order valence-corrected chi connectivity index (χ3v) is 6.35. The number of hydrogen-bond acceptors (Lipinski definition) is 5. The molecule has 138 valence electrons. The molecule has 1 aliphatic heterocycles. The number of nitrogens with zero attached hydrogens (tertiary/aromatic N) is 2. The van der Waals surface area contributed by atoms with Crippen LogP contribution in [0.25, 0.3) is 0 Å². The molecule has 1 fully saturated rings. The van der Waals surface area contributed by atoms with Gasteiger partial charge in [-0.3, -0.25) is 14.5 Å². The summed E-state index contributed by atoms with van der Waals surface area (Å²) in [6.07, 6.45) is 4.41. The maximum absolute atomic E-state index is 13.6. The summed E-state index contributed by atoms with van der Waals surface area (Å²) in [5.41, 5.74) is 12.1. The summed E-state index contributed by atoms with van der Waals surface area (Å²) in [4.78, 5) is 31.0. The lowest BCUT2D eigenvalue weighted by Gasteiger charge is -2.45. The Kier molecular flexibility index (Phi) is 3.80. The number of rotatable bonds is 3. The van der Waals surface area contributed by atoms with E-state index in [9.17, 15) is 9.59 Å². The number of benzene rings is 1. The normalized spacial score (nSPS) is 33.0. The molecule has 1 heterocycles. The minimum Gasteiger partial charge on any atom is -0.381 e. The Morgan fingerprint density at radius 1 is 1.35 bits per heavy atom. The molecule has 0 radical (unpaired) electrons. The zero-order chi connectivity index (χ0) is 18.5. The lowest BCUT2D eigenvalue weighted by Crippen LogP contribution is -2.53. The molecule has 3 aliphatic rings. The van der Waals surface area contributed by atoms with E-state index in [2.05, 4.69) is 6.07 Å². The zero-order valence-electron chi connectivity index (χ0n) is 14.9. The van der Waals surface area contributed by atoms with Crippen LogP contribution in [0.4, 0.5) is 0 Å². The molecular weight excluding hydrogens is 332 g/mol. The number of amides is 2. The summed E-state index contributed by atoms with van der Waals surface area (Å²) in [7, 11) is 1.73. The highest BCUT2D eigenvalue weighted by molar-refractivity contribution is 6.10. The SMILES string of the molecule is CO[C@H]1CC[C@]2(CC1)Cc1ccccc1C21N=C(N)N(CC(N)=O)C1=O. The molecule has 1 atom stereocenters. The summed E-state index contributed by atoms with van der Waals surface area (Å²) >= 11 is 0. The van der Waals surface area contributed by atoms with Crippen molar-refractivity contribution in [2.24, 2.45) is 21.9 Å². The molecule has 1 aromatic carbocycles. The number of guanidine groups is 1. The zero-order valence-corrected chi connectivity index (χ0v) is 14.9. The number of methoxy groups -OCH3 is 1. The molecule has 2 amide bonds. The average Bonchev–Trinajstić information content (AvgIpc) is 3.03. The van der Waals surface area contributed by atoms with Crippen molar-refractivity contribution < 1.29 is 14.3 Å². The molecule has 0 saturated heterocycles. The van der Waals surface area contributed by atoms with Crippen molar-refractivity contribution in [3.8, 4) is 0 Å². The largest absolute Gasteiger partial charge is 0.381 e. The Balaban J connectivity index is 1.83. The fraction of sp³-hybridized carbons (Fsp3) is 0.526. The van der Waals surface area contributed by atoms with Gasteiger partial charge in [0, 0.05) is 12.5 Å². The Labute approximate surface area is 152 Å². The van der Waals surface area contributed by atoms with Gasteiger partial charge in [0.1, 0.15) is 6.54 Å². The van der Waals surface area contributed by atoms with E-state index in [0.717, 1.165) is 43.2 Å². The van der Waals surface area contributed by atoms with E-state index in [-0.39, 0.29) is 29.9 Å². The quantitative estimate of drug-likeness (QED) is 0.828. The molecule has 0 bridgehead atoms. The van der Waals surface area contributed by atoms with Crippen molar-refractivity contribution in [2.75, 3.05) is 13.7 Å². The number of primary amides is 1. The first-order chi connectivity index (χ1) is 12.4. The van der Waals surface area contributed by atoms with Gasteiger partial charge in [0.2, 0.25) is 5.91 Å². The van der Waals surface area contributed by atoms with Crippen LogP contribution in [0.2, 0.25) is 0 Å². The van der Waals surface area contributed by atoms with Crippen molar-refractivity contribution in [3.05, 3.63) is 35.4 Å². The number of carbonyl (C=O) groups excluding carboxylic acids is 2. The first-order valence-electron chi connectivity index (χ1n) is 9.00. The summed E-state index contributed by atoms with van der Waals surface area (Å²) in [5.74, 6) is -0.745. The second kappa shape index (κ2) is 5.81. The van der Waals surface area contributed by atoms with Gasteiger partial charge in [0.15, 0.2) is 11.5 Å². The molecule has 4 N–H and O–H groups in total. The van der Waals surface area contributed by atoms with Crippen molar-refractivity contribution in [2.45, 2.75) is 43.7 Å². The maximum atomic E-state index is 13.6. The van der Waals surface area contributed by atoms with Gasteiger partial charge in [0.25, 0.3) is 5.91 Å². The highest BCUT2D eigenvalue weighted by Crippen LogP contribution is 2.61. The Morgan fingerprint density at radius 2 is 2.04 bits per heavy atom. The summed E-state index contributed by atoms with van der Waals surface area (Å²) in [6.45, 7) is -0.241. The number of ether oxygens (including phenoxy) is 1. The van der Waals surface area contributed by atoms with Crippen LogP contribution in [0, 0.1) is 5.41 Å². The van der Waals surface area contributed by atoms with E-state index in [1.54, 1.807) is 7.11 Å². The van der Waals surface area contributed by atoms with Crippen molar-refractivity contribution >= 4 is 17.8 Å². The molecule has 2 spiro atoms. The Bertz CT molecular complexity index is 798. The van der Waals surface area contributed by atoms with E-state index in [1.165, 1.54) is 4.90 Å². The van der Waals surface area contributed by atoms with Crippen LogP contribution in [-0.4, -0.2) is 42.4 Å². The molecule has 1 unspecified atom stereocenters. The third-order valence-electron chi connectivity index (χ3n) is 6.35. The van der Waals surface area contributed by atoms with Gasteiger partial charge >= 0.3 is 0 Å². The molecule has 0 aromatic heterocycles. The van der Waals surface area contributed by atoms with E-state index >= 15 is 0 Å². The number of fused-ring (bicyclic) bond motifs is 3. The molecule has 7 nitrogen and oxygen atoms in total. The van der Waals surface area contributed by atoms with Crippen molar-refractivity contribution in [1.82, 2.24) is 4.90 Å². The van der Waals surface area contributed by atoms with Gasteiger partial charge < -0.3 is 16.2 Å². The second-order valence-corrected chi connectivity index (χ2v) is 7.59. The van der Waals surface area contributed by atoms with Crippen LogP contribution in [0.5, 0.6) is 0 Å². The smallest absolute Gasteiger partial charge is 0.263 e. The van der Waals surface area contributed by atoms with E-state index in [4.69, 9.17) is 21.2 Å². The van der Waals surface area contributed by atoms with Crippen LogP contribution >= 0.6 is 0 Å². The fourth-order valence-electron chi connectivity index (χ4n) is 5.13. The minimum atomic E-state index is -1.05. The monoisotopic (exact) mass is 356 g/mol. The van der Waals surface area contributed by atoms with Crippen LogP contribution in [0.15, 0.2) is 29.3 Å². The predicted molar refractivity (Wildman–Crippen MR) is 96.1 cm³/mol. The molecule has 4 rings (SSSR count). The molecule has 2 aliphatic carbocycles. The van der Waals surface area contributed by atoms with Crippen LogP contribution in [-0.2, 0) is 26.3 Å². The summed E-state index contributed by atoms with van der Waals surface area (Å²) < 4.78 is 5.53. The molecule has 1 aromatic rings. The highest BCUT2D eigenvalue weighted by Gasteiger charge is 2.66. The molecule has 1 saturated carbocycles. The van der Waals surface area contributed by atoms with Crippen LogP contribution < -0.4 is 11.5 Å². The average molecular weight is 356 g/mol. The topological polar surface area (TPSA) is 111 Å². The summed E-state index contributed by atoms with van der Waals surface area (Å²) in [5, 5.41) is 0. The molecular formula is C19H24N4O3. The van der Waals surface area contributed by atoms with Crippen molar-refractivity contribution in [1.29, 1.82) is 0 Å². The molecule has 7 heteroatoms. The first kappa shape index (κ1) is 17.0. The number of carbonyl (C=O) groups is 2. The Morgan fingerprint density at radius 3 is 2.69 bits per heavy atom. The van der Waals surface area contributed by atoms with Crippen LogP contribution in [0.3, 0.4) is 0 Å². The fourth-order valence-corrected chi connectivity index (χ4v) is 5.13. The number of hydrogen-bond donors (Lipinski definition) is 2. The van der Waals surface area contributed by atoms with E-state index < -0.39 is 11.4 Å². The van der Waals surface area contributed by atoms with Gasteiger partial charge in [-0.1, -0.05) is 24.3 Å². The maximum Gasteiger partial charge on any atom is 0.263 e. The van der Waals surface area contributed by atoms with Gasteiger partial charge in [-0.25, -0.2) is 4.99 Å². The summed E-state index contributed by atoms with van der Waals surface area (Å²) in [6, 6.07) is 7.94. The van der Waals surface area contributed by atoms with Crippen LogP contribution in [0.1, 0.15) is 36.8 Å². The standard InChI is InChI=1S/C19H24N4O3/c1-26-13-6-8-18(9-7-13)10-12-4-2-3-5-14(12)19(18)16(25)23(11-15(20)24)17(21)22-19/h2-5,13H,6-11H2,1H3,(H2,20,24)(H2,21,22)/t13-,18-,19?. The van der Waals surface area contributed by atoms with Gasteiger partial charge in [-0.15, -0.1) is 0 Å². The second-order valence-electron chi connectivity index (χ2n) is 7.59. The lowest BCUT2D eigenvalue weighted by molar-refractivity contribution is -0.140. The minimum absolute atomic E-state index is 0.0822. The van der Waals surface area contributed by atoms with Gasteiger partial charge in [-0.05, 0) is 43.2 Å². The lowest BCUT2D eigenvalue weighted by atomic mass is 9.61. The van der Waals surface area contributed by atoms with E-state index in [0.29, 0.717) is 0 Å². The third kappa shape index (κ3) is 2.13. The molecule has 26 heavy (non-hydrogen) atoms. The number of aliphatic imine (C=N–C) groups is 1. The van der Waals surface area contributed by atoms with Crippen molar-refractivity contribution in [3.63, 3.8) is 0 Å². The van der Waals surface area contributed by atoms with Gasteiger partial charge in [-0.2, -0.15) is 0 Å². The van der Waals surface area contributed by atoms with Gasteiger partial charge in [0.05, 0.1) is 6.10 Å². The highest BCUT2D eigenvalue weighted by atomic mass is 16.5.